The van der Waals surface area contributed by atoms with Crippen molar-refractivity contribution in [2.75, 3.05) is 18.0 Å². The fourth-order valence-electron chi connectivity index (χ4n) is 3.15. The monoisotopic (exact) mass is 361 g/mol. The summed E-state index contributed by atoms with van der Waals surface area (Å²) in [6.45, 7) is 6.83. The minimum atomic E-state index is 0.618. The quantitative estimate of drug-likeness (QED) is 0.777. The molecule has 4 heteroatoms. The largest absolute Gasteiger partial charge is 0.371 e. The molecule has 0 saturated carbocycles. The highest BCUT2D eigenvalue weighted by atomic mass is 79.9. The summed E-state index contributed by atoms with van der Waals surface area (Å²) in [4.78, 5) is 2.49. The Morgan fingerprint density at radius 3 is 2.55 bits per heavy atom. The zero-order chi connectivity index (χ0) is 15.5. The molecule has 2 heterocycles. The molecule has 0 aliphatic carbocycles. The van der Waals surface area contributed by atoms with Crippen LogP contribution in [-0.2, 0) is 6.42 Å². The third-order valence-corrected chi connectivity index (χ3v) is 4.55. The lowest BCUT2D eigenvalue weighted by Gasteiger charge is -2.29. The number of piperidine rings is 1. The molecule has 3 rings (SSSR count). The van der Waals surface area contributed by atoms with Gasteiger partial charge in [0.15, 0.2) is 0 Å². The number of anilines is 1. The van der Waals surface area contributed by atoms with Crippen molar-refractivity contribution in [1.82, 2.24) is 9.78 Å². The van der Waals surface area contributed by atoms with Crippen LogP contribution in [0.15, 0.2) is 34.9 Å². The van der Waals surface area contributed by atoms with Gasteiger partial charge in [0.2, 0.25) is 0 Å². The molecule has 3 nitrogen and oxygen atoms in total. The van der Waals surface area contributed by atoms with E-state index in [1.54, 1.807) is 0 Å². The predicted molar refractivity (Wildman–Crippen MR) is 95.9 cm³/mol. The summed E-state index contributed by atoms with van der Waals surface area (Å²) in [6.07, 6.45) is 5.00. The molecule has 0 unspecified atom stereocenters. The van der Waals surface area contributed by atoms with Crippen LogP contribution in [0.5, 0.6) is 0 Å². The first kappa shape index (κ1) is 15.6. The molecular formula is C18H24BrN3. The molecule has 1 aliphatic rings. The lowest BCUT2D eigenvalue weighted by atomic mass is 10.1. The van der Waals surface area contributed by atoms with Gasteiger partial charge in [0, 0.05) is 24.5 Å². The van der Waals surface area contributed by atoms with Crippen LogP contribution in [0, 0.1) is 5.92 Å². The molecule has 0 amide bonds. The summed E-state index contributed by atoms with van der Waals surface area (Å²) in [6, 6.07) is 10.9. The van der Waals surface area contributed by atoms with E-state index < -0.39 is 0 Å². The fourth-order valence-corrected chi connectivity index (χ4v) is 3.57. The molecule has 1 saturated heterocycles. The Hall–Kier alpha value is -1.29. The molecule has 0 bridgehead atoms. The van der Waals surface area contributed by atoms with Crippen molar-refractivity contribution in [3.8, 4) is 5.69 Å². The van der Waals surface area contributed by atoms with Crippen LogP contribution in [0.4, 0.5) is 5.69 Å². The van der Waals surface area contributed by atoms with Gasteiger partial charge in [-0.1, -0.05) is 19.9 Å². The molecule has 118 valence electrons. The molecule has 1 aromatic heterocycles. The molecule has 22 heavy (non-hydrogen) atoms. The highest BCUT2D eigenvalue weighted by molar-refractivity contribution is 9.10. The first-order valence-electron chi connectivity index (χ1n) is 8.23. The highest BCUT2D eigenvalue weighted by Crippen LogP contribution is 2.25. The number of halogens is 1. The zero-order valence-corrected chi connectivity index (χ0v) is 15.0. The Labute approximate surface area is 141 Å². The van der Waals surface area contributed by atoms with Gasteiger partial charge in [0.1, 0.15) is 4.60 Å². The Bertz CT molecular complexity index is 627. The lowest BCUT2D eigenvalue weighted by Crippen LogP contribution is -2.29. The van der Waals surface area contributed by atoms with E-state index in [-0.39, 0.29) is 0 Å². The third-order valence-electron chi connectivity index (χ3n) is 4.17. The molecule has 0 spiro atoms. The molecule has 0 N–H and O–H groups in total. The second kappa shape index (κ2) is 6.86. The van der Waals surface area contributed by atoms with E-state index in [1.807, 2.05) is 0 Å². The Morgan fingerprint density at radius 2 is 1.82 bits per heavy atom. The smallest absolute Gasteiger partial charge is 0.128 e. The van der Waals surface area contributed by atoms with Gasteiger partial charge < -0.3 is 4.90 Å². The minimum Gasteiger partial charge on any atom is -0.371 e. The van der Waals surface area contributed by atoms with Gasteiger partial charge in [-0.2, -0.15) is 5.10 Å². The lowest BCUT2D eigenvalue weighted by molar-refractivity contribution is 0.577. The SMILES string of the molecule is CC(C)Cc1cc(Br)nn1-c1cccc(N2CCCCC2)c1. The molecular weight excluding hydrogens is 338 g/mol. The van der Waals surface area contributed by atoms with E-state index in [1.165, 1.54) is 43.7 Å². The number of benzene rings is 1. The number of hydrogen-bond acceptors (Lipinski definition) is 2. The Balaban J connectivity index is 1.91. The second-order valence-corrected chi connectivity index (χ2v) is 7.35. The first-order valence-corrected chi connectivity index (χ1v) is 9.02. The van der Waals surface area contributed by atoms with E-state index in [0.29, 0.717) is 5.92 Å². The van der Waals surface area contributed by atoms with Crippen LogP contribution in [0.25, 0.3) is 5.69 Å². The maximum atomic E-state index is 4.63. The van der Waals surface area contributed by atoms with Crippen molar-refractivity contribution in [1.29, 1.82) is 0 Å². The van der Waals surface area contributed by atoms with Gasteiger partial charge in [-0.05, 0) is 71.8 Å². The van der Waals surface area contributed by atoms with Crippen LogP contribution < -0.4 is 4.90 Å². The first-order chi connectivity index (χ1) is 10.6. The van der Waals surface area contributed by atoms with E-state index in [2.05, 4.69) is 74.8 Å². The van der Waals surface area contributed by atoms with Crippen molar-refractivity contribution in [2.24, 2.45) is 5.92 Å². The summed E-state index contributed by atoms with van der Waals surface area (Å²) < 4.78 is 2.99. The summed E-state index contributed by atoms with van der Waals surface area (Å²) in [5.41, 5.74) is 3.74. The van der Waals surface area contributed by atoms with Gasteiger partial charge in [-0.25, -0.2) is 4.68 Å². The average molecular weight is 362 g/mol. The molecule has 1 aliphatic heterocycles. The molecule has 1 aromatic carbocycles. The number of hydrogen-bond donors (Lipinski definition) is 0. The maximum absolute atomic E-state index is 4.63. The maximum Gasteiger partial charge on any atom is 0.128 e. The van der Waals surface area contributed by atoms with Gasteiger partial charge in [-0.3, -0.25) is 0 Å². The summed E-state index contributed by atoms with van der Waals surface area (Å²) in [5, 5.41) is 4.63. The highest BCUT2D eigenvalue weighted by Gasteiger charge is 2.14. The third kappa shape index (κ3) is 3.54. The van der Waals surface area contributed by atoms with Gasteiger partial charge in [0.05, 0.1) is 5.69 Å². The van der Waals surface area contributed by atoms with Gasteiger partial charge >= 0.3 is 0 Å². The number of nitrogens with zero attached hydrogens (tertiary/aromatic N) is 3. The van der Waals surface area contributed by atoms with Crippen molar-refractivity contribution in [2.45, 2.75) is 39.5 Å². The van der Waals surface area contributed by atoms with Crippen molar-refractivity contribution >= 4 is 21.6 Å². The van der Waals surface area contributed by atoms with Crippen molar-refractivity contribution in [3.05, 3.63) is 40.6 Å². The number of aromatic nitrogens is 2. The molecule has 0 radical (unpaired) electrons. The fraction of sp³-hybridized carbons (Fsp3) is 0.500. The van der Waals surface area contributed by atoms with Gasteiger partial charge in [-0.15, -0.1) is 0 Å². The van der Waals surface area contributed by atoms with Crippen LogP contribution in [-0.4, -0.2) is 22.9 Å². The topological polar surface area (TPSA) is 21.1 Å². The van der Waals surface area contributed by atoms with Crippen molar-refractivity contribution < 1.29 is 0 Å². The summed E-state index contributed by atoms with van der Waals surface area (Å²) >= 11 is 3.52. The van der Waals surface area contributed by atoms with Gasteiger partial charge in [0.25, 0.3) is 0 Å². The standard InChI is InChI=1S/C18H24BrN3/c1-14(2)11-17-13-18(19)20-22(17)16-8-6-7-15(12-16)21-9-4-3-5-10-21/h6-8,12-14H,3-5,9-11H2,1-2H3. The Morgan fingerprint density at radius 1 is 1.09 bits per heavy atom. The summed E-state index contributed by atoms with van der Waals surface area (Å²) in [5.74, 6) is 0.618. The Kier molecular flexibility index (Phi) is 4.87. The zero-order valence-electron chi connectivity index (χ0n) is 13.4. The average Bonchev–Trinajstić information content (AvgIpc) is 2.88. The summed E-state index contributed by atoms with van der Waals surface area (Å²) in [7, 11) is 0. The second-order valence-electron chi connectivity index (χ2n) is 6.54. The van der Waals surface area contributed by atoms with E-state index in [9.17, 15) is 0 Å². The normalized spacial score (nSPS) is 15.5. The molecule has 2 aromatic rings. The minimum absolute atomic E-state index is 0.618. The molecule has 1 fully saturated rings. The number of rotatable bonds is 4. The van der Waals surface area contributed by atoms with E-state index >= 15 is 0 Å². The van der Waals surface area contributed by atoms with Crippen LogP contribution in [0.2, 0.25) is 0 Å². The van der Waals surface area contributed by atoms with Crippen LogP contribution >= 0.6 is 15.9 Å². The van der Waals surface area contributed by atoms with E-state index in [0.717, 1.165) is 16.7 Å². The molecule has 0 atom stereocenters. The van der Waals surface area contributed by atoms with Crippen molar-refractivity contribution in [3.63, 3.8) is 0 Å². The van der Waals surface area contributed by atoms with Crippen LogP contribution in [0.1, 0.15) is 38.8 Å². The van der Waals surface area contributed by atoms with Crippen LogP contribution in [0.3, 0.4) is 0 Å². The predicted octanol–water partition coefficient (Wildman–Crippen LogP) is 4.82. The van der Waals surface area contributed by atoms with E-state index in [4.69, 9.17) is 0 Å².